The third-order valence-electron chi connectivity index (χ3n) is 5.20. The molecule has 0 saturated carbocycles. The highest BCUT2D eigenvalue weighted by molar-refractivity contribution is 5.96. The zero-order chi connectivity index (χ0) is 27.6. The lowest BCUT2D eigenvalue weighted by Gasteiger charge is -2.22. The number of hydrogen-bond donors (Lipinski definition) is 5. The summed E-state index contributed by atoms with van der Waals surface area (Å²) in [5.74, 6) is -1.40. The minimum absolute atomic E-state index is 0.205. The lowest BCUT2D eigenvalue weighted by atomic mass is 10.1. The number of carbonyl (C=O) groups excluding carboxylic acids is 3. The van der Waals surface area contributed by atoms with Crippen molar-refractivity contribution >= 4 is 35.6 Å². The van der Waals surface area contributed by atoms with Gasteiger partial charge < -0.3 is 32.7 Å². The van der Waals surface area contributed by atoms with Crippen molar-refractivity contribution in [2.45, 2.75) is 25.8 Å². The van der Waals surface area contributed by atoms with Crippen LogP contribution in [0, 0.1) is 0 Å². The fraction of sp³-hybridized carbons (Fsp3) is 0.333. The van der Waals surface area contributed by atoms with Crippen molar-refractivity contribution < 1.29 is 14.4 Å². The molecule has 3 amide bonds. The van der Waals surface area contributed by atoms with Crippen molar-refractivity contribution in [2.24, 2.45) is 17.2 Å². The molecule has 0 aliphatic rings. The van der Waals surface area contributed by atoms with Crippen molar-refractivity contribution in [1.82, 2.24) is 15.2 Å². The molecule has 10 heteroatoms. The Morgan fingerprint density at radius 3 is 2.24 bits per heavy atom. The molecule has 8 N–H and O–H groups in total. The molecule has 200 valence electrons. The average molecular weight is 510 g/mol. The topological polar surface area (TPSA) is 169 Å². The molecule has 10 nitrogen and oxygen atoms in total. The Bertz CT molecular complexity index is 1020. The predicted molar refractivity (Wildman–Crippen MR) is 149 cm³/mol. The molecule has 2 aromatic rings. The van der Waals surface area contributed by atoms with Crippen LogP contribution in [0.5, 0.6) is 0 Å². The van der Waals surface area contributed by atoms with E-state index in [1.165, 1.54) is 16.7 Å². The van der Waals surface area contributed by atoms with Gasteiger partial charge in [-0.3, -0.25) is 19.4 Å². The molecule has 1 heterocycles. The summed E-state index contributed by atoms with van der Waals surface area (Å²) in [6.45, 7) is 10.4. The summed E-state index contributed by atoms with van der Waals surface area (Å²) in [6.07, 6.45) is 5.57. The second kappa shape index (κ2) is 17.6. The number of hydrogen-bond acceptors (Lipinski definition) is 7. The Morgan fingerprint density at radius 2 is 1.73 bits per heavy atom. The van der Waals surface area contributed by atoms with E-state index in [0.717, 1.165) is 6.42 Å². The van der Waals surface area contributed by atoms with Crippen LogP contribution in [0.2, 0.25) is 0 Å². The van der Waals surface area contributed by atoms with Crippen LogP contribution < -0.4 is 27.8 Å². The van der Waals surface area contributed by atoms with Crippen LogP contribution in [0.25, 0.3) is 12.2 Å². The number of rotatable bonds is 13. The smallest absolute Gasteiger partial charge is 0.243 e. The third kappa shape index (κ3) is 11.6. The number of nitrogens with two attached hydrogens (primary N) is 3. The molecular formula is C27H39N7O3. The highest BCUT2D eigenvalue weighted by Gasteiger charge is 2.21. The zero-order valence-corrected chi connectivity index (χ0v) is 21.5. The van der Waals surface area contributed by atoms with E-state index in [9.17, 15) is 14.4 Å². The number of pyridine rings is 1. The van der Waals surface area contributed by atoms with Crippen molar-refractivity contribution in [3.63, 3.8) is 0 Å². The predicted octanol–water partition coefficient (Wildman–Crippen LogP) is 1.13. The molecule has 37 heavy (non-hydrogen) atoms. The number of benzene rings is 1. The number of amides is 3. The molecule has 0 spiro atoms. The lowest BCUT2D eigenvalue weighted by Crippen LogP contribution is -2.47. The summed E-state index contributed by atoms with van der Waals surface area (Å²) in [4.78, 5) is 41.9. The second-order valence-corrected chi connectivity index (χ2v) is 7.98. The first-order valence-electron chi connectivity index (χ1n) is 12.1. The minimum Gasteiger partial charge on any atom is -0.346 e. The van der Waals surface area contributed by atoms with Crippen LogP contribution in [-0.4, -0.2) is 66.4 Å². The van der Waals surface area contributed by atoms with Crippen LogP contribution in [0.3, 0.4) is 0 Å². The van der Waals surface area contributed by atoms with Gasteiger partial charge in [0.1, 0.15) is 0 Å². The molecule has 0 bridgehead atoms. The Hall–Kier alpha value is -3.86. The standard InChI is InChI=1S/C19H29N7O3.C8H10/c1-3-13-9-14(11-23-16(13)4-2)25-17(27)12-24-19(29)15(22)10-18(28)26(7-5-20)8-6-21;1-2-8-6-4-3-5-7-8/h3-4,9,11,15H,1-2,5-8,10,12,20-22H2,(H,24,29)(H,25,27);3-7H,2H2,1H3. The van der Waals surface area contributed by atoms with E-state index in [0.29, 0.717) is 30.0 Å². The van der Waals surface area contributed by atoms with E-state index < -0.39 is 17.9 Å². The van der Waals surface area contributed by atoms with Crippen LogP contribution in [0.4, 0.5) is 5.69 Å². The molecule has 1 unspecified atom stereocenters. The van der Waals surface area contributed by atoms with Gasteiger partial charge in [-0.25, -0.2) is 0 Å². The van der Waals surface area contributed by atoms with Crippen molar-refractivity contribution in [1.29, 1.82) is 0 Å². The summed E-state index contributed by atoms with van der Waals surface area (Å²) in [5.41, 5.74) is 19.9. The minimum atomic E-state index is -1.09. The number of anilines is 1. The Morgan fingerprint density at radius 1 is 1.08 bits per heavy atom. The quantitative estimate of drug-likeness (QED) is 0.269. The van der Waals surface area contributed by atoms with Crippen LogP contribution in [0.15, 0.2) is 55.8 Å². The third-order valence-corrected chi connectivity index (χ3v) is 5.20. The van der Waals surface area contributed by atoms with Gasteiger partial charge in [0, 0.05) is 31.7 Å². The Balaban J connectivity index is 0.000000722. The monoisotopic (exact) mass is 509 g/mol. The normalized spacial score (nSPS) is 10.8. The van der Waals surface area contributed by atoms with Gasteiger partial charge in [0.2, 0.25) is 17.7 Å². The van der Waals surface area contributed by atoms with E-state index >= 15 is 0 Å². The van der Waals surface area contributed by atoms with Crippen LogP contribution in [0.1, 0.15) is 30.2 Å². The van der Waals surface area contributed by atoms with Gasteiger partial charge in [0.15, 0.2) is 0 Å². The average Bonchev–Trinajstić information content (AvgIpc) is 2.92. The molecule has 0 radical (unpaired) electrons. The van der Waals surface area contributed by atoms with Crippen molar-refractivity contribution in [3.05, 3.63) is 72.6 Å². The molecule has 1 aromatic heterocycles. The van der Waals surface area contributed by atoms with Gasteiger partial charge in [0.25, 0.3) is 0 Å². The van der Waals surface area contributed by atoms with Gasteiger partial charge in [-0.2, -0.15) is 0 Å². The molecule has 1 atom stereocenters. The Kier molecular flexibility index (Phi) is 14.8. The fourth-order valence-corrected chi connectivity index (χ4v) is 3.19. The fourth-order valence-electron chi connectivity index (χ4n) is 3.19. The molecule has 1 aromatic carbocycles. The molecule has 2 rings (SSSR count). The van der Waals surface area contributed by atoms with E-state index in [2.05, 4.69) is 60.0 Å². The SMILES string of the molecule is C=Cc1cc(NC(=O)CNC(=O)C(N)CC(=O)N(CCN)CCN)cnc1C=C.CCc1ccccc1. The maximum absolute atomic E-state index is 12.2. The largest absolute Gasteiger partial charge is 0.346 e. The van der Waals surface area contributed by atoms with E-state index in [1.807, 2.05) is 6.07 Å². The van der Waals surface area contributed by atoms with Gasteiger partial charge in [-0.05, 0) is 24.1 Å². The molecule has 0 aliphatic heterocycles. The number of carbonyl (C=O) groups is 3. The van der Waals surface area contributed by atoms with E-state index in [-0.39, 0.29) is 32.0 Å². The van der Waals surface area contributed by atoms with Gasteiger partial charge in [-0.15, -0.1) is 0 Å². The highest BCUT2D eigenvalue weighted by Crippen LogP contribution is 2.15. The summed E-state index contributed by atoms with van der Waals surface area (Å²) in [5, 5.41) is 5.02. The summed E-state index contributed by atoms with van der Waals surface area (Å²) >= 11 is 0. The van der Waals surface area contributed by atoms with Gasteiger partial charge in [0.05, 0.1) is 36.6 Å². The molecule has 0 aliphatic carbocycles. The summed E-state index contributed by atoms with van der Waals surface area (Å²) in [6, 6.07) is 11.1. The second-order valence-electron chi connectivity index (χ2n) is 7.98. The van der Waals surface area contributed by atoms with Crippen molar-refractivity contribution in [3.8, 4) is 0 Å². The van der Waals surface area contributed by atoms with E-state index in [1.54, 1.807) is 18.2 Å². The number of nitrogens with zero attached hydrogens (tertiary/aromatic N) is 2. The van der Waals surface area contributed by atoms with Crippen LogP contribution >= 0.6 is 0 Å². The molecule has 0 saturated heterocycles. The first kappa shape index (κ1) is 31.2. The first-order valence-corrected chi connectivity index (χ1v) is 12.1. The van der Waals surface area contributed by atoms with Crippen LogP contribution in [-0.2, 0) is 20.8 Å². The molecular weight excluding hydrogens is 470 g/mol. The molecule has 0 fully saturated rings. The van der Waals surface area contributed by atoms with Crippen molar-refractivity contribution in [2.75, 3.05) is 38.0 Å². The maximum Gasteiger partial charge on any atom is 0.243 e. The van der Waals surface area contributed by atoms with Gasteiger partial charge >= 0.3 is 0 Å². The highest BCUT2D eigenvalue weighted by atomic mass is 16.2. The van der Waals surface area contributed by atoms with Gasteiger partial charge in [-0.1, -0.05) is 56.5 Å². The lowest BCUT2D eigenvalue weighted by molar-refractivity contribution is -0.134. The number of aromatic nitrogens is 1. The summed E-state index contributed by atoms with van der Waals surface area (Å²) < 4.78 is 0. The van der Waals surface area contributed by atoms with E-state index in [4.69, 9.17) is 17.2 Å². The first-order chi connectivity index (χ1) is 17.8. The number of aryl methyl sites for hydroxylation is 1. The summed E-state index contributed by atoms with van der Waals surface area (Å²) in [7, 11) is 0. The maximum atomic E-state index is 12.2. The zero-order valence-electron chi connectivity index (χ0n) is 21.5. The Labute approximate surface area is 219 Å². The number of nitrogens with one attached hydrogen (secondary N) is 2.